The van der Waals surface area contributed by atoms with Crippen molar-refractivity contribution in [2.24, 2.45) is 11.7 Å². The predicted octanol–water partition coefficient (Wildman–Crippen LogP) is 3.76. The van der Waals surface area contributed by atoms with E-state index in [9.17, 15) is 14.2 Å². The van der Waals surface area contributed by atoms with Crippen molar-refractivity contribution in [2.45, 2.75) is 52.5 Å². The first-order chi connectivity index (χ1) is 16.0. The fraction of sp³-hybridized carbons (Fsp3) is 0.417. The highest BCUT2D eigenvalue weighted by Crippen LogP contribution is 2.41. The number of phosphoric acid groups is 1. The van der Waals surface area contributed by atoms with Crippen LogP contribution in [0.2, 0.25) is 0 Å². The SMILES string of the molecule is Cc1cc(C(=O)NCc2ccc(OCC3CCCCC3)c(C(N)=O)c2)cc(C)c1OP(=O)(O)O. The molecular formula is C24H31N2O7P. The zero-order chi connectivity index (χ0) is 24.9. The van der Waals surface area contributed by atoms with E-state index in [1.807, 2.05) is 0 Å². The molecule has 184 valence electrons. The van der Waals surface area contributed by atoms with E-state index in [4.69, 9.17) is 24.8 Å². The van der Waals surface area contributed by atoms with Gasteiger partial charge in [-0.3, -0.25) is 19.4 Å². The first kappa shape index (κ1) is 25.7. The molecule has 2 amide bonds. The minimum absolute atomic E-state index is 0.0415. The van der Waals surface area contributed by atoms with Gasteiger partial charge in [-0.25, -0.2) is 4.57 Å². The van der Waals surface area contributed by atoms with Crippen LogP contribution < -0.4 is 20.3 Å². The Morgan fingerprint density at radius 3 is 2.32 bits per heavy atom. The number of amides is 2. The highest BCUT2D eigenvalue weighted by atomic mass is 31.2. The molecule has 1 aliphatic rings. The lowest BCUT2D eigenvalue weighted by atomic mass is 9.90. The van der Waals surface area contributed by atoms with Crippen molar-refractivity contribution in [3.8, 4) is 11.5 Å². The summed E-state index contributed by atoms with van der Waals surface area (Å²) in [5.74, 6) is -0.00965. The molecule has 1 fully saturated rings. The molecular weight excluding hydrogens is 459 g/mol. The molecule has 1 aliphatic carbocycles. The maximum Gasteiger partial charge on any atom is 0.524 e. The second kappa shape index (κ2) is 11.0. The lowest BCUT2D eigenvalue weighted by Crippen LogP contribution is -2.23. The molecule has 0 atom stereocenters. The highest BCUT2D eigenvalue weighted by molar-refractivity contribution is 7.46. The molecule has 0 spiro atoms. The van der Waals surface area contributed by atoms with Crippen LogP contribution in [-0.2, 0) is 11.1 Å². The van der Waals surface area contributed by atoms with Crippen LogP contribution in [0.1, 0.15) is 69.5 Å². The van der Waals surface area contributed by atoms with Gasteiger partial charge in [0.1, 0.15) is 11.5 Å². The van der Waals surface area contributed by atoms with Crippen LogP contribution >= 0.6 is 7.82 Å². The van der Waals surface area contributed by atoms with Crippen molar-refractivity contribution < 1.29 is 33.2 Å². The Kier molecular flexibility index (Phi) is 8.36. The van der Waals surface area contributed by atoms with E-state index in [2.05, 4.69) is 5.32 Å². The summed E-state index contributed by atoms with van der Waals surface area (Å²) in [6, 6.07) is 8.07. The van der Waals surface area contributed by atoms with Gasteiger partial charge < -0.3 is 20.3 Å². The molecule has 0 bridgehead atoms. The molecule has 5 N–H and O–H groups in total. The number of ether oxygens (including phenoxy) is 1. The van der Waals surface area contributed by atoms with Crippen LogP contribution in [0.5, 0.6) is 11.5 Å². The van der Waals surface area contributed by atoms with Gasteiger partial charge in [-0.05, 0) is 73.6 Å². The Morgan fingerprint density at radius 1 is 1.09 bits per heavy atom. The van der Waals surface area contributed by atoms with Gasteiger partial charge in [-0.1, -0.05) is 25.3 Å². The topological polar surface area (TPSA) is 148 Å². The van der Waals surface area contributed by atoms with E-state index in [1.165, 1.54) is 31.4 Å². The van der Waals surface area contributed by atoms with Crippen molar-refractivity contribution >= 4 is 19.6 Å². The summed E-state index contributed by atoms with van der Waals surface area (Å²) in [5.41, 5.74) is 7.67. The summed E-state index contributed by atoms with van der Waals surface area (Å²) in [5, 5.41) is 2.78. The van der Waals surface area contributed by atoms with E-state index in [1.54, 1.807) is 32.0 Å². The predicted molar refractivity (Wildman–Crippen MR) is 127 cm³/mol. The molecule has 34 heavy (non-hydrogen) atoms. The summed E-state index contributed by atoms with van der Waals surface area (Å²) in [6.07, 6.45) is 5.91. The smallest absolute Gasteiger partial charge is 0.492 e. The standard InChI is InChI=1S/C24H31N2O7P/c1-15-10-19(11-16(2)22(15)33-34(29,30)31)24(28)26-13-18-8-9-21(20(12-18)23(25)27)32-14-17-6-4-3-5-7-17/h8-12,17H,3-7,13-14H2,1-2H3,(H2,25,27)(H,26,28)(H2,29,30,31). The molecule has 2 aromatic carbocycles. The number of phosphoric ester groups is 1. The third-order valence-electron chi connectivity index (χ3n) is 5.89. The Bertz CT molecular complexity index is 1080. The van der Waals surface area contributed by atoms with Gasteiger partial charge in [0.05, 0.1) is 12.2 Å². The second-order valence-corrected chi connectivity index (χ2v) is 9.88. The molecule has 10 heteroatoms. The number of carbonyl (C=O) groups is 2. The molecule has 0 aromatic heterocycles. The molecule has 0 saturated heterocycles. The third-order valence-corrected chi connectivity index (χ3v) is 6.31. The number of benzene rings is 2. The number of hydrogen-bond acceptors (Lipinski definition) is 5. The first-order valence-electron chi connectivity index (χ1n) is 11.2. The highest BCUT2D eigenvalue weighted by Gasteiger charge is 2.21. The van der Waals surface area contributed by atoms with Gasteiger partial charge >= 0.3 is 7.82 Å². The van der Waals surface area contributed by atoms with Crippen LogP contribution in [0.15, 0.2) is 30.3 Å². The van der Waals surface area contributed by atoms with Crippen molar-refractivity contribution in [1.82, 2.24) is 5.32 Å². The zero-order valence-corrected chi connectivity index (χ0v) is 20.3. The molecule has 9 nitrogen and oxygen atoms in total. The average molecular weight is 490 g/mol. The molecule has 0 heterocycles. The average Bonchev–Trinajstić information content (AvgIpc) is 2.78. The van der Waals surface area contributed by atoms with Crippen LogP contribution in [-0.4, -0.2) is 28.2 Å². The van der Waals surface area contributed by atoms with E-state index < -0.39 is 13.7 Å². The third kappa shape index (κ3) is 7.06. The molecule has 0 radical (unpaired) electrons. The number of aryl methyl sites for hydroxylation is 2. The normalized spacial score (nSPS) is 14.5. The maximum atomic E-state index is 12.7. The molecule has 0 aliphatic heterocycles. The van der Waals surface area contributed by atoms with E-state index in [-0.39, 0.29) is 23.8 Å². The number of hydrogen-bond donors (Lipinski definition) is 4. The zero-order valence-electron chi connectivity index (χ0n) is 19.4. The monoisotopic (exact) mass is 490 g/mol. The lowest BCUT2D eigenvalue weighted by molar-refractivity contribution is 0.0950. The Hall–Kier alpha value is -2.87. The lowest BCUT2D eigenvalue weighted by Gasteiger charge is -2.22. The number of nitrogens with two attached hydrogens (primary N) is 1. The molecule has 3 rings (SSSR count). The Morgan fingerprint density at radius 2 is 1.74 bits per heavy atom. The Labute approximate surface area is 198 Å². The van der Waals surface area contributed by atoms with Crippen molar-refractivity contribution in [3.05, 3.63) is 58.1 Å². The number of primary amides is 1. The van der Waals surface area contributed by atoms with Gasteiger partial charge in [0.25, 0.3) is 11.8 Å². The summed E-state index contributed by atoms with van der Waals surface area (Å²) in [7, 11) is -4.71. The first-order valence-corrected chi connectivity index (χ1v) is 12.8. The maximum absolute atomic E-state index is 12.7. The largest absolute Gasteiger partial charge is 0.524 e. The quantitative estimate of drug-likeness (QED) is 0.391. The van der Waals surface area contributed by atoms with Gasteiger partial charge in [0.15, 0.2) is 0 Å². The minimum Gasteiger partial charge on any atom is -0.492 e. The van der Waals surface area contributed by atoms with Crippen LogP contribution in [0.4, 0.5) is 0 Å². The molecule has 2 aromatic rings. The minimum atomic E-state index is -4.71. The van der Waals surface area contributed by atoms with E-state index in [0.29, 0.717) is 40.5 Å². The number of nitrogens with one attached hydrogen (secondary N) is 1. The van der Waals surface area contributed by atoms with E-state index in [0.717, 1.165) is 12.8 Å². The van der Waals surface area contributed by atoms with Gasteiger partial charge in [-0.15, -0.1) is 0 Å². The van der Waals surface area contributed by atoms with Crippen LogP contribution in [0.25, 0.3) is 0 Å². The van der Waals surface area contributed by atoms with Crippen LogP contribution in [0.3, 0.4) is 0 Å². The molecule has 0 unspecified atom stereocenters. The van der Waals surface area contributed by atoms with Gasteiger partial charge in [0, 0.05) is 12.1 Å². The van der Waals surface area contributed by atoms with Gasteiger partial charge in [-0.2, -0.15) is 0 Å². The summed E-state index contributed by atoms with van der Waals surface area (Å²) < 4.78 is 21.8. The van der Waals surface area contributed by atoms with Crippen molar-refractivity contribution in [1.29, 1.82) is 0 Å². The number of carbonyl (C=O) groups excluding carboxylic acids is 2. The summed E-state index contributed by atoms with van der Waals surface area (Å²) >= 11 is 0. The van der Waals surface area contributed by atoms with Crippen LogP contribution in [0, 0.1) is 19.8 Å². The second-order valence-electron chi connectivity index (χ2n) is 8.71. The Balaban J connectivity index is 1.66. The molecule has 1 saturated carbocycles. The summed E-state index contributed by atoms with van der Waals surface area (Å²) in [6.45, 7) is 3.90. The van der Waals surface area contributed by atoms with Crippen molar-refractivity contribution in [3.63, 3.8) is 0 Å². The fourth-order valence-electron chi connectivity index (χ4n) is 4.20. The number of rotatable bonds is 9. The van der Waals surface area contributed by atoms with E-state index >= 15 is 0 Å². The fourth-order valence-corrected chi connectivity index (χ4v) is 4.72. The van der Waals surface area contributed by atoms with Gasteiger partial charge in [0.2, 0.25) is 0 Å². The van der Waals surface area contributed by atoms with Crippen molar-refractivity contribution in [2.75, 3.05) is 6.61 Å². The summed E-state index contributed by atoms with van der Waals surface area (Å²) in [4.78, 5) is 42.8.